The van der Waals surface area contributed by atoms with Crippen molar-refractivity contribution in [3.63, 3.8) is 0 Å². The molecule has 0 amide bonds. The Morgan fingerprint density at radius 2 is 1.74 bits per heavy atom. The van der Waals surface area contributed by atoms with Crippen LogP contribution in [0.3, 0.4) is 0 Å². The lowest BCUT2D eigenvalue weighted by Gasteiger charge is -2.20. The molecule has 0 bridgehead atoms. The molecular weight excluding hydrogens is 334 g/mol. The van der Waals surface area contributed by atoms with Crippen molar-refractivity contribution in [2.75, 3.05) is 11.9 Å². The maximum atomic E-state index is 5.85. The molecule has 4 nitrogen and oxygen atoms in total. The summed E-state index contributed by atoms with van der Waals surface area (Å²) >= 11 is 0. The molecule has 3 aromatic rings. The van der Waals surface area contributed by atoms with Crippen molar-refractivity contribution in [1.29, 1.82) is 0 Å². The lowest BCUT2D eigenvalue weighted by molar-refractivity contribution is 0.129. The number of para-hydroxylation sites is 2. The number of benzene rings is 2. The van der Waals surface area contributed by atoms with Crippen LogP contribution in [0.15, 0.2) is 78.1 Å². The zero-order valence-electron chi connectivity index (χ0n) is 15.8. The quantitative estimate of drug-likeness (QED) is 0.467. The number of rotatable bonds is 7. The maximum Gasteiger partial charge on any atom is 0.137 e. The molecule has 0 aliphatic carbocycles. The van der Waals surface area contributed by atoms with E-state index in [9.17, 15) is 0 Å². The molecule has 4 rings (SSSR count). The molecule has 2 heterocycles. The number of nitrogens with one attached hydrogen (secondary N) is 1. The highest BCUT2D eigenvalue weighted by Gasteiger charge is 2.24. The highest BCUT2D eigenvalue weighted by atomic mass is 16.6. The van der Waals surface area contributed by atoms with Crippen LogP contribution in [0.25, 0.3) is 5.69 Å². The molecule has 1 N–H and O–H groups in total. The Balaban J connectivity index is 1.50. The summed E-state index contributed by atoms with van der Waals surface area (Å²) < 4.78 is 2.16. The molecule has 1 aliphatic rings. The largest absolute Gasteiger partial charge is 0.393 e. The van der Waals surface area contributed by atoms with E-state index in [1.54, 1.807) is 0 Å². The van der Waals surface area contributed by atoms with E-state index in [1.165, 1.54) is 0 Å². The standard InChI is InChI=1S/C23H25N3O/c1-17(2)15-19(24-18-9-4-3-5-10-18)16-27-25-23-20-11-6-7-12-21(20)26-14-8-13-22(23)26/h3-14,17,19,24H,15-16H2,1-2H3/b25-23-. The summed E-state index contributed by atoms with van der Waals surface area (Å²) in [6.45, 7) is 4.98. The Kier molecular flexibility index (Phi) is 4.97. The van der Waals surface area contributed by atoms with Crippen LogP contribution in [-0.4, -0.2) is 22.9 Å². The van der Waals surface area contributed by atoms with Gasteiger partial charge in [-0.1, -0.05) is 55.4 Å². The molecule has 1 aliphatic heterocycles. The summed E-state index contributed by atoms with van der Waals surface area (Å²) in [6, 6.07) is 22.9. The lowest BCUT2D eigenvalue weighted by atomic mass is 10.0. The molecule has 1 unspecified atom stereocenters. The number of fused-ring (bicyclic) bond motifs is 3. The second-order valence-electron chi connectivity index (χ2n) is 7.35. The summed E-state index contributed by atoms with van der Waals surface area (Å²) in [6.07, 6.45) is 3.09. The van der Waals surface area contributed by atoms with E-state index in [4.69, 9.17) is 4.84 Å². The monoisotopic (exact) mass is 359 g/mol. The zero-order chi connectivity index (χ0) is 18.6. The van der Waals surface area contributed by atoms with E-state index in [2.05, 4.69) is 71.5 Å². The van der Waals surface area contributed by atoms with E-state index in [0.29, 0.717) is 12.5 Å². The van der Waals surface area contributed by atoms with Crippen LogP contribution in [0.4, 0.5) is 5.69 Å². The molecule has 1 aromatic heterocycles. The van der Waals surface area contributed by atoms with Crippen molar-refractivity contribution >= 4 is 11.4 Å². The fraction of sp³-hybridized carbons (Fsp3) is 0.261. The third-order valence-electron chi connectivity index (χ3n) is 4.74. The van der Waals surface area contributed by atoms with Crippen LogP contribution in [0.5, 0.6) is 0 Å². The number of nitrogens with zero attached hydrogens (tertiary/aromatic N) is 2. The van der Waals surface area contributed by atoms with Crippen molar-refractivity contribution in [2.45, 2.75) is 26.3 Å². The number of oxime groups is 1. The SMILES string of the molecule is CC(C)CC(CO/N=C1/c2ccccc2-n2cccc21)Nc1ccccc1. The average molecular weight is 359 g/mol. The van der Waals surface area contributed by atoms with Crippen LogP contribution in [0.2, 0.25) is 0 Å². The van der Waals surface area contributed by atoms with Crippen molar-refractivity contribution in [1.82, 2.24) is 4.57 Å². The second kappa shape index (κ2) is 7.70. The minimum Gasteiger partial charge on any atom is -0.393 e. The third-order valence-corrected chi connectivity index (χ3v) is 4.74. The van der Waals surface area contributed by atoms with Gasteiger partial charge in [-0.15, -0.1) is 0 Å². The van der Waals surface area contributed by atoms with Gasteiger partial charge < -0.3 is 14.7 Å². The van der Waals surface area contributed by atoms with E-state index in [1.807, 2.05) is 30.3 Å². The first-order valence-corrected chi connectivity index (χ1v) is 9.51. The van der Waals surface area contributed by atoms with Gasteiger partial charge in [-0.25, -0.2) is 0 Å². The molecule has 0 spiro atoms. The molecule has 1 atom stereocenters. The van der Waals surface area contributed by atoms with Crippen LogP contribution in [-0.2, 0) is 4.84 Å². The van der Waals surface area contributed by atoms with Gasteiger partial charge in [0.05, 0.1) is 17.4 Å². The number of hydrogen-bond donors (Lipinski definition) is 1. The molecule has 0 fully saturated rings. The first-order chi connectivity index (χ1) is 13.2. The first-order valence-electron chi connectivity index (χ1n) is 9.51. The van der Waals surface area contributed by atoms with Gasteiger partial charge in [-0.05, 0) is 42.7 Å². The van der Waals surface area contributed by atoms with Crippen LogP contribution >= 0.6 is 0 Å². The fourth-order valence-corrected chi connectivity index (χ4v) is 3.60. The normalized spacial score (nSPS) is 14.9. The summed E-state index contributed by atoms with van der Waals surface area (Å²) in [5, 5.41) is 8.09. The molecule has 138 valence electrons. The van der Waals surface area contributed by atoms with Gasteiger partial charge in [0.2, 0.25) is 0 Å². The third kappa shape index (κ3) is 3.75. The van der Waals surface area contributed by atoms with Crippen molar-refractivity contribution < 1.29 is 4.84 Å². The topological polar surface area (TPSA) is 38.5 Å². The molecule has 2 aromatic carbocycles. The van der Waals surface area contributed by atoms with Crippen molar-refractivity contribution in [3.05, 3.63) is 84.2 Å². The van der Waals surface area contributed by atoms with Crippen molar-refractivity contribution in [3.8, 4) is 5.69 Å². The van der Waals surface area contributed by atoms with E-state index in [0.717, 1.165) is 34.8 Å². The Morgan fingerprint density at radius 1 is 0.963 bits per heavy atom. The summed E-state index contributed by atoms with van der Waals surface area (Å²) in [5.41, 5.74) is 5.36. The molecular formula is C23H25N3O. The minimum atomic E-state index is 0.209. The fourth-order valence-electron chi connectivity index (χ4n) is 3.60. The zero-order valence-corrected chi connectivity index (χ0v) is 15.8. The van der Waals surface area contributed by atoms with Crippen LogP contribution < -0.4 is 5.32 Å². The van der Waals surface area contributed by atoms with E-state index in [-0.39, 0.29) is 6.04 Å². The highest BCUT2D eigenvalue weighted by molar-refractivity contribution is 6.17. The van der Waals surface area contributed by atoms with Crippen molar-refractivity contribution in [2.24, 2.45) is 11.1 Å². The van der Waals surface area contributed by atoms with Gasteiger partial charge in [0.15, 0.2) is 0 Å². The Bertz CT molecular complexity index is 928. The molecule has 0 saturated carbocycles. The van der Waals surface area contributed by atoms with Crippen LogP contribution in [0, 0.1) is 5.92 Å². The van der Waals surface area contributed by atoms with Gasteiger partial charge in [-0.3, -0.25) is 0 Å². The minimum absolute atomic E-state index is 0.209. The Hall–Kier alpha value is -3.01. The molecule has 27 heavy (non-hydrogen) atoms. The predicted molar refractivity (Wildman–Crippen MR) is 111 cm³/mol. The summed E-state index contributed by atoms with van der Waals surface area (Å²) in [4.78, 5) is 5.85. The second-order valence-corrected chi connectivity index (χ2v) is 7.35. The first kappa shape index (κ1) is 17.4. The number of aromatic nitrogens is 1. The van der Waals surface area contributed by atoms with E-state index >= 15 is 0 Å². The predicted octanol–water partition coefficient (Wildman–Crippen LogP) is 5.09. The smallest absolute Gasteiger partial charge is 0.137 e. The van der Waals surface area contributed by atoms with Gasteiger partial charge in [0.25, 0.3) is 0 Å². The maximum absolute atomic E-state index is 5.85. The molecule has 0 saturated heterocycles. The molecule has 4 heteroatoms. The highest BCUT2D eigenvalue weighted by Crippen LogP contribution is 2.28. The van der Waals surface area contributed by atoms with E-state index < -0.39 is 0 Å². The molecule has 0 radical (unpaired) electrons. The van der Waals surface area contributed by atoms with Gasteiger partial charge in [0.1, 0.15) is 12.3 Å². The Labute approximate surface area is 160 Å². The van der Waals surface area contributed by atoms with Crippen LogP contribution in [0.1, 0.15) is 31.5 Å². The lowest BCUT2D eigenvalue weighted by Crippen LogP contribution is -2.26. The van der Waals surface area contributed by atoms with Gasteiger partial charge >= 0.3 is 0 Å². The number of anilines is 1. The summed E-state index contributed by atoms with van der Waals surface area (Å²) in [5.74, 6) is 0.576. The summed E-state index contributed by atoms with van der Waals surface area (Å²) in [7, 11) is 0. The average Bonchev–Trinajstić information content (AvgIpc) is 3.24. The van der Waals surface area contributed by atoms with Gasteiger partial charge in [0, 0.05) is 17.4 Å². The van der Waals surface area contributed by atoms with Gasteiger partial charge in [-0.2, -0.15) is 0 Å². The Morgan fingerprint density at radius 3 is 2.56 bits per heavy atom. The number of hydrogen-bond acceptors (Lipinski definition) is 3.